The smallest absolute Gasteiger partial charge is 0.306 e. The van der Waals surface area contributed by atoms with Crippen molar-refractivity contribution in [2.45, 2.75) is 263 Å². The predicted octanol–water partition coefficient (Wildman–Crippen LogP) is 17.2. The van der Waals surface area contributed by atoms with E-state index < -0.39 is 28.9 Å². The van der Waals surface area contributed by atoms with Crippen LogP contribution in [0.4, 0.5) is 0 Å². The Bertz CT molecular complexity index is 5490. The number of piperazine rings is 3. The normalized spacial score (nSPS) is 13.7. The van der Waals surface area contributed by atoms with E-state index >= 15 is 0 Å². The van der Waals surface area contributed by atoms with Gasteiger partial charge in [0.05, 0.1) is 33.4 Å². The van der Waals surface area contributed by atoms with E-state index in [0.29, 0.717) is 121 Å². The minimum atomic E-state index is -0.757. The number of benzene rings is 6. The first-order chi connectivity index (χ1) is 67.0. The molecule has 0 aliphatic carbocycles. The molecule has 0 saturated carbocycles. The number of carboxylic acid groups (broad SMARTS) is 1. The molecular formula is C109H156ClN13O20. The van der Waals surface area contributed by atoms with E-state index in [1.54, 1.807) is 31.2 Å². The van der Waals surface area contributed by atoms with Crippen LogP contribution in [-0.2, 0) is 57.9 Å². The number of carbonyl (C=O) groups is 9. The maximum absolute atomic E-state index is 13.6. The molecule has 3 aliphatic heterocycles. The second-order valence-corrected chi connectivity index (χ2v) is 38.8. The number of phenols is 6. The number of likely N-dealkylation sites (N-methyl/N-ethyl adjacent to an activating group) is 1. The molecule has 3 aliphatic rings. The number of hydrogen-bond donors (Lipinski definition) is 13. The lowest BCUT2D eigenvalue weighted by Crippen LogP contribution is -2.48. The molecule has 34 heteroatoms. The summed E-state index contributed by atoms with van der Waals surface area (Å²) in [7, 11) is 0. The number of ether oxygens (including phenoxy) is 2. The van der Waals surface area contributed by atoms with Gasteiger partial charge in [0.2, 0.25) is 11.8 Å². The van der Waals surface area contributed by atoms with Crippen molar-refractivity contribution in [3.05, 3.63) is 171 Å². The number of phenolic OH excluding ortho intramolecular Hbond substituents is 6. The summed E-state index contributed by atoms with van der Waals surface area (Å²) in [6.07, 6.45) is 11.6. The van der Waals surface area contributed by atoms with E-state index in [4.69, 9.17) is 35.1 Å². The van der Waals surface area contributed by atoms with Gasteiger partial charge in [0.15, 0.2) is 28.7 Å². The molecule has 6 aromatic carbocycles. The molecule has 0 atom stereocenters. The van der Waals surface area contributed by atoms with Crippen LogP contribution in [0.2, 0.25) is 0 Å². The molecule has 5 heterocycles. The third-order valence-corrected chi connectivity index (χ3v) is 24.2. The molecule has 5 amide bonds. The Hall–Kier alpha value is -12.4. The number of halogens is 1. The number of Topliss-reactive ketones (excluding diaryl/α,β-unsaturated/α-hetero) is 1. The minimum absolute atomic E-state index is 0. The van der Waals surface area contributed by atoms with Gasteiger partial charge in [-0.3, -0.25) is 57.9 Å². The zero-order valence-electron chi connectivity index (χ0n) is 85.5. The van der Waals surface area contributed by atoms with Crippen molar-refractivity contribution >= 4 is 71.2 Å². The Morgan fingerprint density at radius 2 is 0.783 bits per heavy atom. The van der Waals surface area contributed by atoms with Crippen LogP contribution in [0, 0.1) is 0 Å². The highest BCUT2D eigenvalue weighted by atomic mass is 35.5. The fraction of sp³-hybridized carbons (Fsp3) is 0.514. The van der Waals surface area contributed by atoms with Crippen LogP contribution >= 0.6 is 12.4 Å². The summed E-state index contributed by atoms with van der Waals surface area (Å²) < 4.78 is 21.9. The number of aromatic hydroxyl groups is 6. The van der Waals surface area contributed by atoms with Gasteiger partial charge in [-0.2, -0.15) is 0 Å². The number of hydrogen-bond acceptors (Lipinski definition) is 27. The second kappa shape index (κ2) is 58.4. The number of nitrogens with two attached hydrogens (primary N) is 2. The van der Waals surface area contributed by atoms with Gasteiger partial charge in [-0.15, -0.1) is 12.4 Å². The summed E-state index contributed by atoms with van der Waals surface area (Å²) in [6.45, 7) is 42.0. The third-order valence-electron chi connectivity index (χ3n) is 24.2. The molecule has 0 unspecified atom stereocenters. The fourth-order valence-electron chi connectivity index (χ4n) is 16.7. The van der Waals surface area contributed by atoms with Crippen molar-refractivity contribution in [3.8, 4) is 79.4 Å². The summed E-state index contributed by atoms with van der Waals surface area (Å²) in [5, 5.41) is 91.0. The number of carbonyl (C=O) groups excluding carboxylic acids is 8. The van der Waals surface area contributed by atoms with Gasteiger partial charge >= 0.3 is 17.9 Å². The molecule has 11 rings (SSSR count). The van der Waals surface area contributed by atoms with E-state index in [1.807, 2.05) is 167 Å². The fourth-order valence-corrected chi connectivity index (χ4v) is 16.7. The lowest BCUT2D eigenvalue weighted by Gasteiger charge is -2.35. The van der Waals surface area contributed by atoms with E-state index in [9.17, 15) is 73.8 Å². The Balaban J connectivity index is 0.000000306. The van der Waals surface area contributed by atoms with Gasteiger partial charge in [-0.25, -0.2) is 0 Å². The average molecular weight is 2000 g/mol. The molecule has 143 heavy (non-hydrogen) atoms. The van der Waals surface area contributed by atoms with Crippen LogP contribution in [0.1, 0.15) is 302 Å². The summed E-state index contributed by atoms with van der Waals surface area (Å²) in [5.74, 6) is -3.01. The number of carboxylic acids is 1. The van der Waals surface area contributed by atoms with Crippen LogP contribution in [-0.4, -0.2) is 240 Å². The Labute approximate surface area is 849 Å². The van der Waals surface area contributed by atoms with Crippen molar-refractivity contribution in [1.29, 1.82) is 0 Å². The van der Waals surface area contributed by atoms with Crippen LogP contribution in [0.5, 0.6) is 34.5 Å². The van der Waals surface area contributed by atoms with Crippen LogP contribution in [0.3, 0.4) is 0 Å². The summed E-state index contributed by atoms with van der Waals surface area (Å²) in [4.78, 5) is 122. The SMILES string of the molecule is C.CC(C)(C)OC(=O)CCCCCCC(=O)O.CCNC(=O)C(N)=C(C(=O)c1cc(C(C)C)c(O)cc1O)c1ccc(CN2CCNCC2)cc1.CCNC(=O)c1noc(-c2cc(C(C)C)c(O)cc2O)c1-c1ccc(CN2CCN(C(=O)CCCCCCC(=O)OC(C)(C)C)CC2)cc1.CCNC(=O)c1noc(-c2cc(C(C)C)c(O)cc2O)c1-c1ccc(CN2CCN(C(=O)CCCCCN)CC2)cc1.Cl. The predicted molar refractivity (Wildman–Crippen MR) is 558 cm³/mol. The number of esters is 2. The monoisotopic (exact) mass is 2000 g/mol. The van der Waals surface area contributed by atoms with Crippen molar-refractivity contribution in [2.24, 2.45) is 11.5 Å². The molecule has 8 aromatic rings. The molecule has 33 nitrogen and oxygen atoms in total. The number of aliphatic carboxylic acids is 1. The Kier molecular flexibility index (Phi) is 48.7. The Morgan fingerprint density at radius 1 is 0.441 bits per heavy atom. The zero-order valence-corrected chi connectivity index (χ0v) is 86.3. The first-order valence-electron chi connectivity index (χ1n) is 49.7. The molecule has 0 spiro atoms. The summed E-state index contributed by atoms with van der Waals surface area (Å²) in [5.41, 5.74) is 19.5. The number of unbranched alkanes of at least 4 members (excludes halogenated alkanes) is 8. The molecular weight excluding hydrogens is 1850 g/mol. The standard InChI is InChI=1S/C38H52N4O7.C32H43N5O5.C26H34N4O4.C12H22O4.CH4.ClH/c1-7-39-37(47)35-34(36(49-40-35)29-22-28(25(2)3)30(43)23-31(29)44)27-16-14-26(15-17-27)24-41-18-20-42(21-19-41)32(45)12-10-8-9-11-13-33(46)48-38(4,5)6;1-4-34-32(41)30-29(31(42-35-30)25-18-24(21(2)3)26(38)19-27(25)39)23-11-9-22(10-12-23)20-36-14-16-37(17-15-36)28(40)8-6-5-7-13-33;1-4-29-26(34)24(27)23(25(33)20-13-19(16(2)3)21(31)14-22(20)32)18-7-5-17(6-8-18)15-30-11-9-28-10-12-30;1-12(2,3)16-11(15)9-7-5-4-6-8-10(13)14;;/h14-17,22-23,25,43-44H,7-13,18-21,24H2,1-6H3,(H,39,47);9-12,18-19,21,38-39H,4-8,13-17,20,33H2,1-3H3,(H,34,41);5-8,13-14,16,28,31-32H,4,9-12,15,27H2,1-3H3,(H,29,34);4-9H2,1-3H3,(H,13,14);1H4;1H. The topological polar surface area (TPSA) is 482 Å². The molecule has 784 valence electrons. The maximum Gasteiger partial charge on any atom is 0.306 e. The van der Waals surface area contributed by atoms with E-state index in [-0.39, 0.29) is 154 Å². The number of allylic oxidation sites excluding steroid dienone is 1. The zero-order chi connectivity index (χ0) is 103. The van der Waals surface area contributed by atoms with Gasteiger partial charge in [-0.1, -0.05) is 164 Å². The lowest BCUT2D eigenvalue weighted by molar-refractivity contribution is -0.156. The summed E-state index contributed by atoms with van der Waals surface area (Å²) >= 11 is 0. The quantitative estimate of drug-likeness (QED) is 0.00732. The summed E-state index contributed by atoms with van der Waals surface area (Å²) in [6, 6.07) is 31.7. The van der Waals surface area contributed by atoms with Crippen LogP contribution in [0.25, 0.3) is 50.5 Å². The van der Waals surface area contributed by atoms with Crippen molar-refractivity contribution in [1.82, 2.24) is 56.1 Å². The van der Waals surface area contributed by atoms with Gasteiger partial charge in [0.1, 0.15) is 51.4 Å². The number of ketones is 1. The van der Waals surface area contributed by atoms with Gasteiger partial charge in [0, 0.05) is 168 Å². The lowest BCUT2D eigenvalue weighted by atomic mass is 9.90. The van der Waals surface area contributed by atoms with Crippen LogP contribution < -0.4 is 32.7 Å². The Morgan fingerprint density at radius 3 is 1.14 bits per heavy atom. The number of nitrogens with zero attached hydrogens (tertiary/aromatic N) is 7. The van der Waals surface area contributed by atoms with Crippen molar-refractivity contribution in [2.75, 3.05) is 105 Å². The average Bonchev–Trinajstić information content (AvgIpc) is 1.66. The molecule has 3 fully saturated rings. The third kappa shape index (κ3) is 37.1. The van der Waals surface area contributed by atoms with Crippen LogP contribution in [0.15, 0.2) is 124 Å². The largest absolute Gasteiger partial charge is 0.508 e. The highest BCUT2D eigenvalue weighted by Gasteiger charge is 2.33. The maximum atomic E-state index is 13.6. The molecule has 15 N–H and O–H groups in total. The number of nitrogens with one attached hydrogen (secondary N) is 4. The number of rotatable bonds is 41. The van der Waals surface area contributed by atoms with E-state index in [0.717, 1.165) is 178 Å². The molecule has 0 radical (unpaired) electrons. The second-order valence-electron chi connectivity index (χ2n) is 38.8. The molecule has 2 aromatic heterocycles. The van der Waals surface area contributed by atoms with E-state index in [1.165, 1.54) is 18.2 Å². The number of aromatic nitrogens is 2. The van der Waals surface area contributed by atoms with Gasteiger partial charge < -0.3 is 96.8 Å². The van der Waals surface area contributed by atoms with Gasteiger partial charge in [-0.05, 0) is 193 Å². The van der Waals surface area contributed by atoms with Gasteiger partial charge in [0.25, 0.3) is 17.7 Å². The molecule has 0 bridgehead atoms. The first kappa shape index (κ1) is 119. The first-order valence-corrected chi connectivity index (χ1v) is 49.7. The number of amides is 5. The molecule has 3 saturated heterocycles. The van der Waals surface area contributed by atoms with E-state index in [2.05, 4.69) is 46.3 Å². The highest BCUT2D eigenvalue weighted by Crippen LogP contribution is 2.46. The highest BCUT2D eigenvalue weighted by molar-refractivity contribution is 6.33. The van der Waals surface area contributed by atoms with Crippen molar-refractivity contribution in [3.63, 3.8) is 0 Å². The minimum Gasteiger partial charge on any atom is -0.508 e. The van der Waals surface area contributed by atoms with Crippen molar-refractivity contribution < 1.29 is 97.4 Å².